The van der Waals surface area contributed by atoms with Crippen LogP contribution in [0.1, 0.15) is 31.2 Å². The second-order valence-corrected chi connectivity index (χ2v) is 8.17. The predicted octanol–water partition coefficient (Wildman–Crippen LogP) is 2.67. The molecule has 0 unspecified atom stereocenters. The minimum atomic E-state index is 0.204. The largest absolute Gasteiger partial charge is 0.396 e. The number of aryl methyl sites for hydroxylation is 1. The van der Waals surface area contributed by atoms with E-state index in [1.54, 1.807) is 6.20 Å². The molecule has 1 atom stereocenters. The number of nitrogens with one attached hydrogen (secondary N) is 1. The third-order valence-electron chi connectivity index (χ3n) is 5.27. The second-order valence-electron chi connectivity index (χ2n) is 7.31. The molecule has 1 saturated heterocycles. The summed E-state index contributed by atoms with van der Waals surface area (Å²) in [6.07, 6.45) is 10.1. The van der Waals surface area contributed by atoms with E-state index in [1.807, 2.05) is 28.4 Å². The van der Waals surface area contributed by atoms with Crippen molar-refractivity contribution in [1.29, 1.82) is 0 Å². The Morgan fingerprint density at radius 3 is 3.11 bits per heavy atom. The molecule has 0 saturated carbocycles. The molecule has 4 heterocycles. The normalized spacial score (nSPS) is 17.2. The highest BCUT2D eigenvalue weighted by Gasteiger charge is 2.24. The van der Waals surface area contributed by atoms with Crippen LogP contribution in [-0.2, 0) is 13.6 Å². The van der Waals surface area contributed by atoms with E-state index in [1.165, 1.54) is 12.0 Å². The molecule has 1 aliphatic rings. The van der Waals surface area contributed by atoms with Crippen molar-refractivity contribution in [2.24, 2.45) is 7.05 Å². The van der Waals surface area contributed by atoms with Gasteiger partial charge in [0, 0.05) is 43.4 Å². The number of aliphatic hydroxyl groups excluding tert-OH is 1. The molecule has 4 rings (SSSR count). The number of rotatable bonds is 6. The minimum absolute atomic E-state index is 0.204. The van der Waals surface area contributed by atoms with Crippen LogP contribution in [0.15, 0.2) is 41.3 Å². The molecule has 0 radical (unpaired) electrons. The lowest BCUT2D eigenvalue weighted by Gasteiger charge is -2.36. The number of anilines is 2. The van der Waals surface area contributed by atoms with Crippen molar-refractivity contribution in [2.75, 3.05) is 23.4 Å². The molecule has 8 heteroatoms. The van der Waals surface area contributed by atoms with Crippen LogP contribution in [0.25, 0.3) is 5.65 Å². The maximum absolute atomic E-state index is 9.47. The van der Waals surface area contributed by atoms with Crippen LogP contribution in [0.5, 0.6) is 0 Å². The van der Waals surface area contributed by atoms with Crippen molar-refractivity contribution in [3.8, 4) is 0 Å². The topological polar surface area (TPSA) is 69.6 Å². The van der Waals surface area contributed by atoms with Crippen LogP contribution >= 0.6 is 15.9 Å². The smallest absolute Gasteiger partial charge is 0.173 e. The van der Waals surface area contributed by atoms with E-state index in [2.05, 4.69) is 49.6 Å². The van der Waals surface area contributed by atoms with Gasteiger partial charge < -0.3 is 15.3 Å². The Morgan fingerprint density at radius 2 is 2.29 bits per heavy atom. The van der Waals surface area contributed by atoms with E-state index in [9.17, 15) is 5.11 Å². The fraction of sp³-hybridized carbons (Fsp3) is 0.450. The Hall–Kier alpha value is -2.19. The molecule has 0 bridgehead atoms. The van der Waals surface area contributed by atoms with Gasteiger partial charge in [-0.3, -0.25) is 0 Å². The standard InChI is InChI=1S/C20H26BrN6O/c1-25-8-4-5-15(14-25)12-22-18-11-19(24-20-17(21)13-23-27(18)20)26-9-3-2-6-16(26)7-10-28/h4-5,8,11,13-14,16,22,28H,2-3,6-7,9-10,12H2,1H3/q+1/t16-/m0/s1. The number of piperidine rings is 1. The van der Waals surface area contributed by atoms with Gasteiger partial charge in [0.05, 0.1) is 10.7 Å². The van der Waals surface area contributed by atoms with Crippen LogP contribution in [-0.4, -0.2) is 38.9 Å². The molecule has 1 fully saturated rings. The number of nitrogens with zero attached hydrogens (tertiary/aromatic N) is 5. The van der Waals surface area contributed by atoms with Gasteiger partial charge in [0.2, 0.25) is 0 Å². The second kappa shape index (κ2) is 8.45. The van der Waals surface area contributed by atoms with E-state index in [0.29, 0.717) is 12.6 Å². The van der Waals surface area contributed by atoms with Crippen LogP contribution < -0.4 is 14.8 Å². The highest BCUT2D eigenvalue weighted by molar-refractivity contribution is 9.10. The predicted molar refractivity (Wildman–Crippen MR) is 112 cm³/mol. The van der Waals surface area contributed by atoms with Gasteiger partial charge in [0.15, 0.2) is 18.0 Å². The van der Waals surface area contributed by atoms with Crippen LogP contribution in [0.2, 0.25) is 0 Å². The third kappa shape index (κ3) is 3.98. The number of hydrogen-bond donors (Lipinski definition) is 2. The van der Waals surface area contributed by atoms with Gasteiger partial charge in [0.25, 0.3) is 0 Å². The summed E-state index contributed by atoms with van der Waals surface area (Å²) in [4.78, 5) is 7.21. The van der Waals surface area contributed by atoms with Gasteiger partial charge in [-0.15, -0.1) is 0 Å². The van der Waals surface area contributed by atoms with E-state index in [4.69, 9.17) is 4.98 Å². The fourth-order valence-corrected chi connectivity index (χ4v) is 4.24. The average molecular weight is 446 g/mol. The maximum Gasteiger partial charge on any atom is 0.173 e. The lowest BCUT2D eigenvalue weighted by Crippen LogP contribution is -2.40. The molecular formula is C20H26BrN6O+. The molecule has 7 nitrogen and oxygen atoms in total. The first kappa shape index (κ1) is 19.1. The molecule has 0 aliphatic carbocycles. The number of aromatic nitrogens is 4. The molecule has 0 amide bonds. The van der Waals surface area contributed by atoms with Crippen LogP contribution in [0.4, 0.5) is 11.6 Å². The Balaban J connectivity index is 1.67. The number of hydrogen-bond acceptors (Lipinski definition) is 5. The van der Waals surface area contributed by atoms with Gasteiger partial charge in [-0.25, -0.2) is 9.55 Å². The number of halogens is 1. The Bertz CT molecular complexity index is 957. The maximum atomic E-state index is 9.47. The van der Waals surface area contributed by atoms with Crippen molar-refractivity contribution in [3.05, 3.63) is 46.8 Å². The van der Waals surface area contributed by atoms with Gasteiger partial charge in [-0.05, 0) is 47.7 Å². The highest BCUT2D eigenvalue weighted by atomic mass is 79.9. The lowest BCUT2D eigenvalue weighted by molar-refractivity contribution is -0.671. The average Bonchev–Trinajstić information content (AvgIpc) is 3.08. The van der Waals surface area contributed by atoms with Gasteiger partial charge in [-0.1, -0.05) is 0 Å². The van der Waals surface area contributed by atoms with E-state index < -0.39 is 0 Å². The molecular weight excluding hydrogens is 420 g/mol. The van der Waals surface area contributed by atoms with Gasteiger partial charge in [0.1, 0.15) is 18.7 Å². The Labute approximate surface area is 173 Å². The summed E-state index contributed by atoms with van der Waals surface area (Å²) < 4.78 is 4.75. The summed E-state index contributed by atoms with van der Waals surface area (Å²) in [5.41, 5.74) is 1.99. The monoisotopic (exact) mass is 445 g/mol. The molecule has 28 heavy (non-hydrogen) atoms. The van der Waals surface area contributed by atoms with Crippen molar-refractivity contribution < 1.29 is 9.67 Å². The first-order valence-corrected chi connectivity index (χ1v) is 10.5. The first-order chi connectivity index (χ1) is 13.7. The molecule has 1 aliphatic heterocycles. The van der Waals surface area contributed by atoms with E-state index in [0.717, 1.165) is 47.6 Å². The summed E-state index contributed by atoms with van der Waals surface area (Å²) >= 11 is 3.58. The summed E-state index contributed by atoms with van der Waals surface area (Å²) in [7, 11) is 2.02. The van der Waals surface area contributed by atoms with Crippen molar-refractivity contribution >= 4 is 33.2 Å². The summed E-state index contributed by atoms with van der Waals surface area (Å²) in [5.74, 6) is 1.85. The van der Waals surface area contributed by atoms with Crippen molar-refractivity contribution in [1.82, 2.24) is 14.6 Å². The zero-order chi connectivity index (χ0) is 19.5. The van der Waals surface area contributed by atoms with Crippen LogP contribution in [0.3, 0.4) is 0 Å². The minimum Gasteiger partial charge on any atom is -0.396 e. The number of aliphatic hydroxyl groups is 1. The van der Waals surface area contributed by atoms with Crippen molar-refractivity contribution in [2.45, 2.75) is 38.3 Å². The van der Waals surface area contributed by atoms with Crippen LogP contribution in [0, 0.1) is 0 Å². The zero-order valence-electron chi connectivity index (χ0n) is 16.1. The quantitative estimate of drug-likeness (QED) is 0.570. The third-order valence-corrected chi connectivity index (χ3v) is 5.83. The van der Waals surface area contributed by atoms with Crippen molar-refractivity contribution in [3.63, 3.8) is 0 Å². The van der Waals surface area contributed by atoms with E-state index in [-0.39, 0.29) is 6.61 Å². The fourth-order valence-electron chi connectivity index (χ4n) is 3.89. The molecule has 148 valence electrons. The number of fused-ring (bicyclic) bond motifs is 1. The molecule has 2 N–H and O–H groups in total. The molecule has 3 aromatic heterocycles. The van der Waals surface area contributed by atoms with Gasteiger partial charge >= 0.3 is 0 Å². The molecule has 0 aromatic carbocycles. The van der Waals surface area contributed by atoms with Gasteiger partial charge in [-0.2, -0.15) is 9.61 Å². The highest BCUT2D eigenvalue weighted by Crippen LogP contribution is 2.29. The summed E-state index contributed by atoms with van der Waals surface area (Å²) in [5, 5.41) is 17.5. The Morgan fingerprint density at radius 1 is 1.39 bits per heavy atom. The lowest BCUT2D eigenvalue weighted by atomic mass is 9.99. The SMILES string of the molecule is C[n+]1cccc(CNc2cc(N3CCCC[C@H]3CCO)nc3c(Br)cnn23)c1. The number of pyridine rings is 1. The zero-order valence-corrected chi connectivity index (χ0v) is 17.6. The van der Waals surface area contributed by atoms with E-state index >= 15 is 0 Å². The summed E-state index contributed by atoms with van der Waals surface area (Å²) in [6.45, 7) is 1.87. The molecule has 0 spiro atoms. The molecule has 3 aromatic rings. The Kier molecular flexibility index (Phi) is 5.77. The summed E-state index contributed by atoms with van der Waals surface area (Å²) in [6, 6.07) is 6.55. The first-order valence-electron chi connectivity index (χ1n) is 9.75.